The summed E-state index contributed by atoms with van der Waals surface area (Å²) < 4.78 is 33.0. The summed E-state index contributed by atoms with van der Waals surface area (Å²) in [6.07, 6.45) is 4.34. The highest BCUT2D eigenvalue weighted by Crippen LogP contribution is 2.21. The maximum atomic E-state index is 12.7. The number of hydrogen-bond donors (Lipinski definition) is 0. The van der Waals surface area contributed by atoms with Gasteiger partial charge in [-0.25, -0.2) is 13.4 Å². The van der Waals surface area contributed by atoms with Gasteiger partial charge in [0.05, 0.1) is 30.3 Å². The van der Waals surface area contributed by atoms with Crippen molar-refractivity contribution in [3.63, 3.8) is 0 Å². The SMILES string of the molecule is CCCS(=O)(=O)c1ncc(CN(C)Cc2ccccc2)n1CC1CCCO1. The number of ether oxygens (including phenoxy) is 1. The monoisotopic (exact) mass is 391 g/mol. The lowest BCUT2D eigenvalue weighted by Crippen LogP contribution is -2.25. The second-order valence-corrected chi connectivity index (χ2v) is 9.26. The molecule has 6 nitrogen and oxygen atoms in total. The van der Waals surface area contributed by atoms with Crippen LogP contribution in [0.15, 0.2) is 41.7 Å². The van der Waals surface area contributed by atoms with E-state index < -0.39 is 9.84 Å². The maximum absolute atomic E-state index is 12.7. The lowest BCUT2D eigenvalue weighted by atomic mass is 10.2. The standard InChI is InChI=1S/C20H29N3O3S/c1-3-12-27(24,25)20-21-13-18(23(20)16-19-10-7-11-26-19)15-22(2)14-17-8-5-4-6-9-17/h4-6,8-9,13,19H,3,7,10-12,14-16H2,1-2H3. The van der Waals surface area contributed by atoms with Crippen molar-refractivity contribution in [1.82, 2.24) is 14.5 Å². The Morgan fingerprint density at radius 3 is 2.70 bits per heavy atom. The highest BCUT2D eigenvalue weighted by atomic mass is 32.2. The second kappa shape index (κ2) is 8.99. The fourth-order valence-corrected chi connectivity index (χ4v) is 5.00. The van der Waals surface area contributed by atoms with Crippen LogP contribution >= 0.6 is 0 Å². The van der Waals surface area contributed by atoms with E-state index in [4.69, 9.17) is 4.74 Å². The molecule has 2 heterocycles. The first kappa shape index (κ1) is 20.0. The Labute approximate surface area is 162 Å². The van der Waals surface area contributed by atoms with Gasteiger partial charge in [0.2, 0.25) is 15.0 Å². The molecule has 148 valence electrons. The Balaban J connectivity index is 1.81. The van der Waals surface area contributed by atoms with Gasteiger partial charge in [0.1, 0.15) is 0 Å². The van der Waals surface area contributed by atoms with Crippen LogP contribution in [0.25, 0.3) is 0 Å². The quantitative estimate of drug-likeness (QED) is 0.658. The Morgan fingerprint density at radius 2 is 2.04 bits per heavy atom. The predicted octanol–water partition coefficient (Wildman–Crippen LogP) is 2.88. The Kier molecular flexibility index (Phi) is 6.68. The van der Waals surface area contributed by atoms with Crippen LogP contribution in [0.1, 0.15) is 37.4 Å². The minimum atomic E-state index is -3.38. The number of nitrogens with zero attached hydrogens (tertiary/aromatic N) is 3. The van der Waals surface area contributed by atoms with Gasteiger partial charge in [-0.05, 0) is 31.9 Å². The molecule has 1 unspecified atom stereocenters. The Hall–Kier alpha value is -1.70. The van der Waals surface area contributed by atoms with Crippen LogP contribution in [0.2, 0.25) is 0 Å². The zero-order valence-corrected chi connectivity index (χ0v) is 17.0. The summed E-state index contributed by atoms with van der Waals surface area (Å²) in [6, 6.07) is 10.3. The van der Waals surface area contributed by atoms with E-state index in [1.165, 1.54) is 5.56 Å². The topological polar surface area (TPSA) is 64.4 Å². The van der Waals surface area contributed by atoms with Crippen molar-refractivity contribution in [3.05, 3.63) is 47.8 Å². The fourth-order valence-electron chi connectivity index (χ4n) is 3.54. The number of imidazole rings is 1. The number of rotatable bonds is 9. The molecule has 0 bridgehead atoms. The van der Waals surface area contributed by atoms with Gasteiger partial charge in [-0.3, -0.25) is 4.90 Å². The predicted molar refractivity (Wildman–Crippen MR) is 105 cm³/mol. The summed E-state index contributed by atoms with van der Waals surface area (Å²) >= 11 is 0. The van der Waals surface area contributed by atoms with Gasteiger partial charge in [0.25, 0.3) is 0 Å². The minimum absolute atomic E-state index is 0.0629. The highest BCUT2D eigenvalue weighted by Gasteiger charge is 2.26. The largest absolute Gasteiger partial charge is 0.376 e. The zero-order chi connectivity index (χ0) is 19.3. The molecular weight excluding hydrogens is 362 g/mol. The number of hydrogen-bond acceptors (Lipinski definition) is 5. The molecule has 7 heteroatoms. The molecule has 27 heavy (non-hydrogen) atoms. The van der Waals surface area contributed by atoms with E-state index in [2.05, 4.69) is 22.0 Å². The molecule has 1 aliphatic heterocycles. The van der Waals surface area contributed by atoms with Gasteiger partial charge in [-0.1, -0.05) is 37.3 Å². The third kappa shape index (κ3) is 5.18. The van der Waals surface area contributed by atoms with Crippen LogP contribution in [-0.4, -0.2) is 48.4 Å². The molecule has 1 aromatic heterocycles. The van der Waals surface area contributed by atoms with Crippen molar-refractivity contribution in [1.29, 1.82) is 0 Å². The van der Waals surface area contributed by atoms with Crippen LogP contribution in [0.3, 0.4) is 0 Å². The van der Waals surface area contributed by atoms with Crippen molar-refractivity contribution < 1.29 is 13.2 Å². The van der Waals surface area contributed by atoms with E-state index >= 15 is 0 Å². The van der Waals surface area contributed by atoms with Gasteiger partial charge < -0.3 is 9.30 Å². The third-order valence-electron chi connectivity index (χ3n) is 4.79. The van der Waals surface area contributed by atoms with Crippen molar-refractivity contribution in [2.45, 2.75) is 57.1 Å². The smallest absolute Gasteiger partial charge is 0.227 e. The molecule has 0 saturated carbocycles. The second-order valence-electron chi connectivity index (χ2n) is 7.25. The van der Waals surface area contributed by atoms with Crippen LogP contribution in [0.5, 0.6) is 0 Å². The first-order valence-electron chi connectivity index (χ1n) is 9.61. The molecule has 0 aliphatic carbocycles. The van der Waals surface area contributed by atoms with Crippen molar-refractivity contribution in [2.24, 2.45) is 0 Å². The van der Waals surface area contributed by atoms with Crippen molar-refractivity contribution in [3.8, 4) is 0 Å². The number of benzene rings is 1. The first-order chi connectivity index (χ1) is 13.0. The van der Waals surface area contributed by atoms with E-state index in [-0.39, 0.29) is 17.0 Å². The Bertz CT molecular complexity index is 827. The lowest BCUT2D eigenvalue weighted by molar-refractivity contribution is 0.0934. The van der Waals surface area contributed by atoms with E-state index in [0.29, 0.717) is 19.5 Å². The summed E-state index contributed by atoms with van der Waals surface area (Å²) in [4.78, 5) is 6.48. The van der Waals surface area contributed by atoms with Crippen LogP contribution in [-0.2, 0) is 34.2 Å². The minimum Gasteiger partial charge on any atom is -0.376 e. The van der Waals surface area contributed by atoms with E-state index in [1.54, 1.807) is 6.20 Å². The summed E-state index contributed by atoms with van der Waals surface area (Å²) in [5, 5.41) is 0.183. The molecule has 1 fully saturated rings. The van der Waals surface area contributed by atoms with E-state index in [1.807, 2.05) is 36.7 Å². The maximum Gasteiger partial charge on any atom is 0.227 e. The molecule has 1 aromatic carbocycles. The summed E-state index contributed by atoms with van der Waals surface area (Å²) in [5.41, 5.74) is 2.14. The lowest BCUT2D eigenvalue weighted by Gasteiger charge is -2.20. The molecule has 1 aliphatic rings. The highest BCUT2D eigenvalue weighted by molar-refractivity contribution is 7.91. The van der Waals surface area contributed by atoms with Gasteiger partial charge in [0.15, 0.2) is 0 Å². The average Bonchev–Trinajstić information content (AvgIpc) is 3.27. The molecule has 0 amide bonds. The number of aromatic nitrogens is 2. The molecule has 1 saturated heterocycles. The molecule has 0 spiro atoms. The molecule has 0 radical (unpaired) electrons. The van der Waals surface area contributed by atoms with E-state index in [9.17, 15) is 8.42 Å². The number of sulfone groups is 1. The first-order valence-corrected chi connectivity index (χ1v) is 11.3. The fraction of sp³-hybridized carbons (Fsp3) is 0.550. The van der Waals surface area contributed by atoms with Crippen LogP contribution in [0.4, 0.5) is 0 Å². The summed E-state index contributed by atoms with van der Waals surface area (Å²) in [6.45, 7) is 4.60. The summed E-state index contributed by atoms with van der Waals surface area (Å²) in [7, 11) is -1.34. The van der Waals surface area contributed by atoms with Crippen molar-refractivity contribution in [2.75, 3.05) is 19.4 Å². The molecule has 3 rings (SSSR count). The van der Waals surface area contributed by atoms with Crippen LogP contribution < -0.4 is 0 Å². The van der Waals surface area contributed by atoms with Crippen molar-refractivity contribution >= 4 is 9.84 Å². The molecular formula is C20H29N3O3S. The van der Waals surface area contributed by atoms with Gasteiger partial charge in [-0.2, -0.15) is 0 Å². The molecule has 0 N–H and O–H groups in total. The van der Waals surface area contributed by atoms with E-state index in [0.717, 1.165) is 31.7 Å². The third-order valence-corrected chi connectivity index (χ3v) is 6.62. The average molecular weight is 392 g/mol. The zero-order valence-electron chi connectivity index (χ0n) is 16.2. The van der Waals surface area contributed by atoms with Gasteiger partial charge in [0, 0.05) is 19.7 Å². The van der Waals surface area contributed by atoms with Gasteiger partial charge >= 0.3 is 0 Å². The van der Waals surface area contributed by atoms with Gasteiger partial charge in [-0.15, -0.1) is 0 Å². The normalized spacial score (nSPS) is 17.7. The molecule has 1 atom stereocenters. The summed E-state index contributed by atoms with van der Waals surface area (Å²) in [5.74, 6) is 0.120. The Morgan fingerprint density at radius 1 is 1.26 bits per heavy atom. The van der Waals surface area contributed by atoms with Crippen LogP contribution in [0, 0.1) is 0 Å². The molecule has 2 aromatic rings.